The maximum absolute atomic E-state index is 12.0. The van der Waals surface area contributed by atoms with Gasteiger partial charge in [-0.25, -0.2) is 9.78 Å². The van der Waals surface area contributed by atoms with Gasteiger partial charge in [-0.2, -0.15) is 5.10 Å². The zero-order chi connectivity index (χ0) is 13.8. The molecule has 1 amide bonds. The van der Waals surface area contributed by atoms with Crippen LogP contribution in [0.5, 0.6) is 0 Å². The summed E-state index contributed by atoms with van der Waals surface area (Å²) in [4.78, 5) is 26.4. The van der Waals surface area contributed by atoms with E-state index in [1.807, 2.05) is 0 Å². The van der Waals surface area contributed by atoms with Crippen molar-refractivity contribution < 1.29 is 14.7 Å². The van der Waals surface area contributed by atoms with Crippen molar-refractivity contribution in [3.05, 3.63) is 42.5 Å². The van der Waals surface area contributed by atoms with E-state index in [1.165, 1.54) is 23.0 Å². The molecule has 0 aromatic carbocycles. The molecule has 2 aromatic heterocycles. The molecule has 0 aliphatic carbocycles. The first-order valence-corrected chi connectivity index (χ1v) is 5.57. The Kier molecular flexibility index (Phi) is 3.56. The summed E-state index contributed by atoms with van der Waals surface area (Å²) in [7, 11) is 0. The number of aromatic carboxylic acids is 1. The van der Waals surface area contributed by atoms with Crippen LogP contribution in [0.25, 0.3) is 0 Å². The summed E-state index contributed by atoms with van der Waals surface area (Å²) in [6.07, 6.45) is 4.59. The Hall–Kier alpha value is -2.70. The molecule has 7 heteroatoms. The Labute approximate surface area is 108 Å². The second-order valence-electron chi connectivity index (χ2n) is 3.89. The van der Waals surface area contributed by atoms with E-state index in [9.17, 15) is 9.59 Å². The van der Waals surface area contributed by atoms with Gasteiger partial charge < -0.3 is 10.4 Å². The van der Waals surface area contributed by atoms with Gasteiger partial charge in [0.15, 0.2) is 0 Å². The summed E-state index contributed by atoms with van der Waals surface area (Å²) in [5.41, 5.74) is 0.265. The maximum atomic E-state index is 12.0. The highest BCUT2D eigenvalue weighted by Gasteiger charge is 2.15. The number of nitrogens with one attached hydrogen (secondary N) is 1. The molecule has 1 atom stereocenters. The fourth-order valence-electron chi connectivity index (χ4n) is 1.50. The van der Waals surface area contributed by atoms with Gasteiger partial charge in [0, 0.05) is 24.3 Å². The fourth-order valence-corrected chi connectivity index (χ4v) is 1.50. The van der Waals surface area contributed by atoms with Crippen LogP contribution in [0.1, 0.15) is 23.5 Å². The van der Waals surface area contributed by atoms with Crippen LogP contribution >= 0.6 is 0 Å². The largest absolute Gasteiger partial charge is 0.477 e. The summed E-state index contributed by atoms with van der Waals surface area (Å²) >= 11 is 0. The molecule has 1 unspecified atom stereocenters. The van der Waals surface area contributed by atoms with Crippen LogP contribution in [0.3, 0.4) is 0 Å². The number of rotatable bonds is 4. The van der Waals surface area contributed by atoms with Gasteiger partial charge in [0.1, 0.15) is 11.7 Å². The van der Waals surface area contributed by atoms with Crippen LogP contribution in [-0.2, 0) is 4.79 Å². The zero-order valence-corrected chi connectivity index (χ0v) is 10.1. The predicted octanol–water partition coefficient (Wildman–Crippen LogP) is 1.18. The topological polar surface area (TPSA) is 97.1 Å². The minimum atomic E-state index is -1.14. The molecule has 0 aliphatic rings. The monoisotopic (exact) mass is 260 g/mol. The molecule has 2 rings (SSSR count). The van der Waals surface area contributed by atoms with E-state index >= 15 is 0 Å². The normalized spacial score (nSPS) is 11.8. The van der Waals surface area contributed by atoms with E-state index in [1.54, 1.807) is 25.4 Å². The number of hydrogen-bond donors (Lipinski definition) is 2. The van der Waals surface area contributed by atoms with Gasteiger partial charge in [0.05, 0.1) is 0 Å². The number of carbonyl (C=O) groups is 2. The van der Waals surface area contributed by atoms with Gasteiger partial charge in [-0.15, -0.1) is 0 Å². The van der Waals surface area contributed by atoms with E-state index in [-0.39, 0.29) is 11.6 Å². The molecular weight excluding hydrogens is 248 g/mol. The Bertz CT molecular complexity index is 595. The number of aromatic nitrogens is 3. The lowest BCUT2D eigenvalue weighted by Crippen LogP contribution is -2.24. The van der Waals surface area contributed by atoms with Gasteiger partial charge in [-0.3, -0.25) is 9.48 Å². The van der Waals surface area contributed by atoms with Crippen molar-refractivity contribution in [1.29, 1.82) is 0 Å². The number of nitrogens with zero attached hydrogens (tertiary/aromatic N) is 3. The van der Waals surface area contributed by atoms with E-state index in [0.717, 1.165) is 0 Å². The van der Waals surface area contributed by atoms with Crippen molar-refractivity contribution in [1.82, 2.24) is 14.8 Å². The van der Waals surface area contributed by atoms with Crippen LogP contribution in [0.4, 0.5) is 5.69 Å². The lowest BCUT2D eigenvalue weighted by atomic mass is 10.2. The summed E-state index contributed by atoms with van der Waals surface area (Å²) in [6, 6.07) is 4.06. The van der Waals surface area contributed by atoms with Gasteiger partial charge in [-0.05, 0) is 25.1 Å². The molecule has 19 heavy (non-hydrogen) atoms. The molecule has 0 radical (unpaired) electrons. The fraction of sp³-hybridized carbons (Fsp3) is 0.167. The van der Waals surface area contributed by atoms with Crippen LogP contribution in [-0.4, -0.2) is 31.7 Å². The SMILES string of the molecule is CC(C(=O)Nc1ccnc(C(=O)O)c1)n1cccn1. The summed E-state index contributed by atoms with van der Waals surface area (Å²) < 4.78 is 1.51. The molecule has 2 N–H and O–H groups in total. The van der Waals surface area contributed by atoms with E-state index < -0.39 is 12.0 Å². The highest BCUT2D eigenvalue weighted by molar-refractivity contribution is 5.94. The van der Waals surface area contributed by atoms with Crippen LogP contribution in [0, 0.1) is 0 Å². The lowest BCUT2D eigenvalue weighted by molar-refractivity contribution is -0.119. The third kappa shape index (κ3) is 2.95. The van der Waals surface area contributed by atoms with Gasteiger partial charge in [0.2, 0.25) is 5.91 Å². The average molecular weight is 260 g/mol. The highest BCUT2D eigenvalue weighted by Crippen LogP contribution is 2.12. The third-order valence-corrected chi connectivity index (χ3v) is 2.55. The molecule has 0 fully saturated rings. The quantitative estimate of drug-likeness (QED) is 0.860. The van der Waals surface area contributed by atoms with E-state index in [2.05, 4.69) is 15.4 Å². The Morgan fingerprint density at radius 2 is 2.21 bits per heavy atom. The van der Waals surface area contributed by atoms with Crippen molar-refractivity contribution in [3.63, 3.8) is 0 Å². The Morgan fingerprint density at radius 1 is 1.42 bits per heavy atom. The van der Waals surface area contributed by atoms with Crippen molar-refractivity contribution in [2.75, 3.05) is 5.32 Å². The molecule has 98 valence electrons. The average Bonchev–Trinajstić information content (AvgIpc) is 2.92. The van der Waals surface area contributed by atoms with Gasteiger partial charge in [0.25, 0.3) is 0 Å². The van der Waals surface area contributed by atoms with Crippen molar-refractivity contribution >= 4 is 17.6 Å². The molecule has 0 aliphatic heterocycles. The Morgan fingerprint density at radius 3 is 2.84 bits per heavy atom. The minimum Gasteiger partial charge on any atom is -0.477 e. The minimum absolute atomic E-state index is 0.121. The number of carboxylic acid groups (broad SMARTS) is 1. The summed E-state index contributed by atoms with van der Waals surface area (Å²) in [5, 5.41) is 15.4. The smallest absolute Gasteiger partial charge is 0.354 e. The highest BCUT2D eigenvalue weighted by atomic mass is 16.4. The first kappa shape index (κ1) is 12.7. The summed E-state index contributed by atoms with van der Waals surface area (Å²) in [5.74, 6) is -1.43. The summed E-state index contributed by atoms with van der Waals surface area (Å²) in [6.45, 7) is 1.70. The predicted molar refractivity (Wildman–Crippen MR) is 66.8 cm³/mol. The number of pyridine rings is 1. The molecular formula is C12H12N4O3. The van der Waals surface area contributed by atoms with Crippen LogP contribution in [0.15, 0.2) is 36.8 Å². The first-order chi connectivity index (χ1) is 9.08. The molecule has 0 bridgehead atoms. The molecule has 0 saturated heterocycles. The standard InChI is InChI=1S/C12H12N4O3/c1-8(16-6-2-4-14-16)11(17)15-9-3-5-13-10(7-9)12(18)19/h2-8H,1H3,(H,18,19)(H,13,15,17). The second kappa shape index (κ2) is 5.30. The second-order valence-corrected chi connectivity index (χ2v) is 3.89. The first-order valence-electron chi connectivity index (χ1n) is 5.57. The van der Waals surface area contributed by atoms with E-state index in [0.29, 0.717) is 5.69 Å². The van der Waals surface area contributed by atoms with E-state index in [4.69, 9.17) is 5.11 Å². The molecule has 7 nitrogen and oxygen atoms in total. The zero-order valence-electron chi connectivity index (χ0n) is 10.1. The lowest BCUT2D eigenvalue weighted by Gasteiger charge is -2.12. The number of amides is 1. The molecule has 2 aromatic rings. The number of carbonyl (C=O) groups excluding carboxylic acids is 1. The molecule has 0 spiro atoms. The molecule has 2 heterocycles. The van der Waals surface area contributed by atoms with Gasteiger partial charge in [-0.1, -0.05) is 0 Å². The number of hydrogen-bond acceptors (Lipinski definition) is 4. The molecule has 0 saturated carbocycles. The third-order valence-electron chi connectivity index (χ3n) is 2.55. The number of carboxylic acids is 1. The van der Waals surface area contributed by atoms with Gasteiger partial charge >= 0.3 is 5.97 Å². The number of anilines is 1. The van der Waals surface area contributed by atoms with Crippen molar-refractivity contribution in [2.45, 2.75) is 13.0 Å². The Balaban J connectivity index is 2.11. The van der Waals surface area contributed by atoms with Crippen LogP contribution < -0.4 is 5.32 Å². The van der Waals surface area contributed by atoms with Crippen molar-refractivity contribution in [3.8, 4) is 0 Å². The maximum Gasteiger partial charge on any atom is 0.354 e. The van der Waals surface area contributed by atoms with Crippen LogP contribution in [0.2, 0.25) is 0 Å². The van der Waals surface area contributed by atoms with Crippen molar-refractivity contribution in [2.24, 2.45) is 0 Å².